The van der Waals surface area contributed by atoms with Crippen LogP contribution in [0.3, 0.4) is 0 Å². The molecule has 3 heteroatoms. The van der Waals surface area contributed by atoms with E-state index in [1.165, 1.54) is 40.9 Å². The Morgan fingerprint density at radius 1 is 0.935 bits per heavy atom. The van der Waals surface area contributed by atoms with Gasteiger partial charge in [0.25, 0.3) is 0 Å². The summed E-state index contributed by atoms with van der Waals surface area (Å²) >= 11 is 0. The molecule has 168 valence electrons. The van der Waals surface area contributed by atoms with E-state index < -0.39 is 0 Å². The maximum Gasteiger partial charge on any atom is 0.0371 e. The van der Waals surface area contributed by atoms with Crippen LogP contribution < -0.4 is 9.80 Å². The van der Waals surface area contributed by atoms with E-state index in [1.807, 2.05) is 0 Å². The van der Waals surface area contributed by atoms with Gasteiger partial charge >= 0.3 is 0 Å². The lowest BCUT2D eigenvalue weighted by atomic mass is 9.99. The second-order valence-electron chi connectivity index (χ2n) is 9.75. The third kappa shape index (κ3) is 6.61. The van der Waals surface area contributed by atoms with Gasteiger partial charge in [-0.25, -0.2) is 0 Å². The molecule has 2 aromatic carbocycles. The molecule has 1 aliphatic heterocycles. The van der Waals surface area contributed by atoms with Gasteiger partial charge in [0.05, 0.1) is 0 Å². The third-order valence-corrected chi connectivity index (χ3v) is 6.44. The summed E-state index contributed by atoms with van der Waals surface area (Å²) in [5.41, 5.74) is 6.85. The van der Waals surface area contributed by atoms with Crippen molar-refractivity contribution in [2.45, 2.75) is 59.0 Å². The number of allylic oxidation sites excluding steroid dienone is 1. The average Bonchev–Trinajstić information content (AvgIpc) is 2.75. The largest absolute Gasteiger partial charge is 0.378 e. The van der Waals surface area contributed by atoms with Crippen LogP contribution >= 0.6 is 0 Å². The molecule has 31 heavy (non-hydrogen) atoms. The van der Waals surface area contributed by atoms with Gasteiger partial charge in [-0.05, 0) is 68.0 Å². The molecule has 1 heterocycles. The highest BCUT2D eigenvalue weighted by atomic mass is 15.2. The minimum Gasteiger partial charge on any atom is -0.378 e. The lowest BCUT2D eigenvalue weighted by molar-refractivity contribution is 0.202. The molecule has 0 atom stereocenters. The van der Waals surface area contributed by atoms with Gasteiger partial charge in [0, 0.05) is 57.7 Å². The molecule has 0 N–H and O–H groups in total. The first-order valence-corrected chi connectivity index (χ1v) is 11.8. The van der Waals surface area contributed by atoms with Crippen LogP contribution in [0.5, 0.6) is 0 Å². The molecule has 0 spiro atoms. The van der Waals surface area contributed by atoms with Crippen molar-refractivity contribution in [3.63, 3.8) is 0 Å². The van der Waals surface area contributed by atoms with Gasteiger partial charge in [-0.3, -0.25) is 4.90 Å². The molecule has 0 bridgehead atoms. The number of hydrogen-bond donors (Lipinski definition) is 0. The number of rotatable bonds is 8. The van der Waals surface area contributed by atoms with Crippen LogP contribution in [-0.4, -0.2) is 44.7 Å². The molecule has 0 aliphatic carbocycles. The molecule has 2 aromatic rings. The summed E-state index contributed by atoms with van der Waals surface area (Å²) in [5, 5.41) is 0. The van der Waals surface area contributed by atoms with Gasteiger partial charge in [-0.2, -0.15) is 0 Å². The SMILES string of the molecule is CC(C)=CCN(c1ccc(C(C)C)cc1)C1CCN(Cc2ccc(N(C)C)cc2)CC1. The van der Waals surface area contributed by atoms with Gasteiger partial charge in [0.15, 0.2) is 0 Å². The molecular formula is C28H41N3. The fourth-order valence-electron chi connectivity index (χ4n) is 4.34. The summed E-state index contributed by atoms with van der Waals surface area (Å²) in [4.78, 5) is 7.40. The quantitative estimate of drug-likeness (QED) is 0.464. The zero-order valence-corrected chi connectivity index (χ0v) is 20.4. The second-order valence-corrected chi connectivity index (χ2v) is 9.75. The Bertz CT molecular complexity index is 822. The first-order valence-electron chi connectivity index (χ1n) is 11.8. The summed E-state index contributed by atoms with van der Waals surface area (Å²) in [6.45, 7) is 13.3. The smallest absolute Gasteiger partial charge is 0.0371 e. The summed E-state index contributed by atoms with van der Waals surface area (Å²) in [5.74, 6) is 0.579. The Kier molecular flexibility index (Phi) is 8.20. The van der Waals surface area contributed by atoms with E-state index in [0.29, 0.717) is 12.0 Å². The summed E-state index contributed by atoms with van der Waals surface area (Å²) in [6.07, 6.45) is 4.81. The first kappa shape index (κ1) is 23.4. The van der Waals surface area contributed by atoms with Crippen LogP contribution in [0, 0.1) is 0 Å². The Labute approximate surface area is 190 Å². The molecule has 0 saturated carbocycles. The van der Waals surface area contributed by atoms with Crippen LogP contribution in [0.2, 0.25) is 0 Å². The second kappa shape index (κ2) is 10.9. The predicted octanol–water partition coefficient (Wildman–Crippen LogP) is 6.31. The Hall–Kier alpha value is -2.26. The van der Waals surface area contributed by atoms with Crippen molar-refractivity contribution >= 4 is 11.4 Å². The molecule has 0 aromatic heterocycles. The number of likely N-dealkylation sites (tertiary alicyclic amines) is 1. The number of anilines is 2. The van der Waals surface area contributed by atoms with Crippen molar-refractivity contribution in [2.24, 2.45) is 0 Å². The zero-order valence-electron chi connectivity index (χ0n) is 20.4. The van der Waals surface area contributed by atoms with Crippen LogP contribution in [0.15, 0.2) is 60.2 Å². The fourth-order valence-corrected chi connectivity index (χ4v) is 4.34. The zero-order chi connectivity index (χ0) is 22.4. The highest BCUT2D eigenvalue weighted by Gasteiger charge is 2.24. The lowest BCUT2D eigenvalue weighted by Gasteiger charge is -2.39. The third-order valence-electron chi connectivity index (χ3n) is 6.44. The maximum absolute atomic E-state index is 2.63. The topological polar surface area (TPSA) is 9.72 Å². The van der Waals surface area contributed by atoms with Gasteiger partial charge in [0.2, 0.25) is 0 Å². The minimum atomic E-state index is 0.579. The van der Waals surface area contributed by atoms with Crippen LogP contribution in [0.1, 0.15) is 57.6 Å². The molecular weight excluding hydrogens is 378 g/mol. The minimum absolute atomic E-state index is 0.579. The van der Waals surface area contributed by atoms with Crippen molar-refractivity contribution in [1.29, 1.82) is 0 Å². The number of benzene rings is 2. The average molecular weight is 420 g/mol. The highest BCUT2D eigenvalue weighted by Crippen LogP contribution is 2.27. The van der Waals surface area contributed by atoms with Gasteiger partial charge in [0.1, 0.15) is 0 Å². The normalized spacial score (nSPS) is 15.2. The van der Waals surface area contributed by atoms with Gasteiger partial charge in [-0.15, -0.1) is 0 Å². The maximum atomic E-state index is 2.63. The molecule has 3 nitrogen and oxygen atoms in total. The molecule has 0 radical (unpaired) electrons. The van der Waals surface area contributed by atoms with Crippen molar-refractivity contribution in [3.8, 4) is 0 Å². The summed E-state index contributed by atoms with van der Waals surface area (Å²) in [7, 11) is 4.19. The first-order chi connectivity index (χ1) is 14.8. The van der Waals surface area contributed by atoms with Crippen molar-refractivity contribution in [2.75, 3.05) is 43.5 Å². The number of nitrogens with zero attached hydrogens (tertiary/aromatic N) is 3. The van der Waals surface area contributed by atoms with E-state index in [1.54, 1.807) is 0 Å². The van der Waals surface area contributed by atoms with Gasteiger partial charge < -0.3 is 9.80 Å². The van der Waals surface area contributed by atoms with E-state index in [9.17, 15) is 0 Å². The predicted molar refractivity (Wildman–Crippen MR) is 136 cm³/mol. The van der Waals surface area contributed by atoms with Crippen LogP contribution in [0.25, 0.3) is 0 Å². The number of piperidine rings is 1. The summed E-state index contributed by atoms with van der Waals surface area (Å²) in [6, 6.07) is 18.9. The molecule has 0 amide bonds. The molecule has 3 rings (SSSR count). The molecule has 1 aliphatic rings. The molecule has 1 fully saturated rings. The van der Waals surface area contributed by atoms with E-state index >= 15 is 0 Å². The standard InChI is InChI=1S/C28H41N3/c1-22(2)15-20-31(27-13-9-25(10-14-27)23(3)4)28-16-18-30(19-17-28)21-24-7-11-26(12-8-24)29(5)6/h7-15,23,28H,16-21H2,1-6H3. The monoisotopic (exact) mass is 419 g/mol. The Morgan fingerprint density at radius 3 is 2.03 bits per heavy atom. The fraction of sp³-hybridized carbons (Fsp3) is 0.500. The van der Waals surface area contributed by atoms with E-state index in [0.717, 1.165) is 26.2 Å². The molecule has 1 saturated heterocycles. The van der Waals surface area contributed by atoms with Crippen molar-refractivity contribution in [3.05, 3.63) is 71.3 Å². The Morgan fingerprint density at radius 2 is 1.52 bits per heavy atom. The Balaban J connectivity index is 1.63. The van der Waals surface area contributed by atoms with E-state index in [2.05, 4.69) is 111 Å². The molecule has 0 unspecified atom stereocenters. The van der Waals surface area contributed by atoms with Crippen LogP contribution in [-0.2, 0) is 6.54 Å². The van der Waals surface area contributed by atoms with Crippen molar-refractivity contribution < 1.29 is 0 Å². The highest BCUT2D eigenvalue weighted by molar-refractivity contribution is 5.50. The van der Waals surface area contributed by atoms with Crippen molar-refractivity contribution in [1.82, 2.24) is 4.90 Å². The van der Waals surface area contributed by atoms with E-state index in [4.69, 9.17) is 0 Å². The lowest BCUT2D eigenvalue weighted by Crippen LogP contribution is -2.45. The van der Waals surface area contributed by atoms with Crippen LogP contribution in [0.4, 0.5) is 11.4 Å². The van der Waals surface area contributed by atoms with E-state index in [-0.39, 0.29) is 0 Å². The van der Waals surface area contributed by atoms with Gasteiger partial charge in [-0.1, -0.05) is 49.8 Å². The number of hydrogen-bond acceptors (Lipinski definition) is 3. The summed E-state index contributed by atoms with van der Waals surface area (Å²) < 4.78 is 0.